The highest BCUT2D eigenvalue weighted by atomic mass is 15.2. The van der Waals surface area contributed by atoms with Gasteiger partial charge in [0.2, 0.25) is 0 Å². The Kier molecular flexibility index (Phi) is 1.96. The highest BCUT2D eigenvalue weighted by Gasteiger charge is 2.08. The molecule has 0 bridgehead atoms. The molecule has 0 fully saturated rings. The number of fused-ring (bicyclic) bond motifs is 1. The summed E-state index contributed by atoms with van der Waals surface area (Å²) in [6, 6.07) is 9.79. The minimum atomic E-state index is 0.792. The second-order valence-corrected chi connectivity index (χ2v) is 3.64. The summed E-state index contributed by atoms with van der Waals surface area (Å²) in [5.74, 6) is 0. The van der Waals surface area contributed by atoms with Crippen molar-refractivity contribution in [2.45, 2.75) is 0 Å². The van der Waals surface area contributed by atoms with Crippen molar-refractivity contribution in [2.24, 2.45) is 0 Å². The van der Waals surface area contributed by atoms with Gasteiger partial charge in [-0.05, 0) is 23.8 Å². The van der Waals surface area contributed by atoms with Gasteiger partial charge in [-0.15, -0.1) is 0 Å². The predicted molar refractivity (Wildman–Crippen MR) is 65.3 cm³/mol. The number of pyridine rings is 2. The molecule has 5 heteroatoms. The fourth-order valence-corrected chi connectivity index (χ4v) is 1.72. The Morgan fingerprint density at radius 3 is 2.94 bits per heavy atom. The van der Waals surface area contributed by atoms with Gasteiger partial charge in [-0.25, -0.2) is 4.98 Å². The van der Waals surface area contributed by atoms with Crippen LogP contribution in [0.5, 0.6) is 0 Å². The van der Waals surface area contributed by atoms with Gasteiger partial charge in [-0.2, -0.15) is 5.10 Å². The van der Waals surface area contributed by atoms with Crippen LogP contribution in [0.4, 0.5) is 0 Å². The number of H-pyrrole nitrogens is 1. The van der Waals surface area contributed by atoms with E-state index in [1.54, 1.807) is 6.20 Å². The Bertz CT molecular complexity index is 647. The number of nitrogens with zero attached hydrogens (tertiary/aromatic N) is 3. The zero-order valence-electron chi connectivity index (χ0n) is 8.81. The van der Waals surface area contributed by atoms with E-state index in [-0.39, 0.29) is 0 Å². The summed E-state index contributed by atoms with van der Waals surface area (Å²) < 4.78 is 0. The molecule has 0 spiro atoms. The van der Waals surface area contributed by atoms with E-state index in [1.165, 1.54) is 0 Å². The van der Waals surface area contributed by atoms with Gasteiger partial charge < -0.3 is 0 Å². The lowest BCUT2D eigenvalue weighted by atomic mass is 10.0. The Morgan fingerprint density at radius 2 is 2.06 bits per heavy atom. The van der Waals surface area contributed by atoms with Crippen LogP contribution >= 0.6 is 0 Å². The van der Waals surface area contributed by atoms with E-state index in [4.69, 9.17) is 0 Å². The molecule has 0 aliphatic carbocycles. The Hall–Kier alpha value is -2.17. The van der Waals surface area contributed by atoms with Gasteiger partial charge in [0, 0.05) is 11.6 Å². The normalized spacial score (nSPS) is 10.8. The molecule has 3 aromatic heterocycles. The van der Waals surface area contributed by atoms with Crippen molar-refractivity contribution in [1.82, 2.24) is 20.2 Å². The van der Waals surface area contributed by atoms with E-state index in [0.29, 0.717) is 0 Å². The lowest BCUT2D eigenvalue weighted by molar-refractivity contribution is 1.09. The van der Waals surface area contributed by atoms with Crippen LogP contribution in [0.1, 0.15) is 0 Å². The van der Waals surface area contributed by atoms with Crippen molar-refractivity contribution in [3.63, 3.8) is 0 Å². The first kappa shape index (κ1) is 9.09. The minimum Gasteiger partial charge on any atom is -0.262 e. The van der Waals surface area contributed by atoms with Crippen LogP contribution in [-0.2, 0) is 0 Å². The zero-order chi connectivity index (χ0) is 11.0. The van der Waals surface area contributed by atoms with Crippen LogP contribution in [0, 0.1) is 0 Å². The van der Waals surface area contributed by atoms with Crippen LogP contribution in [0.3, 0.4) is 0 Å². The zero-order valence-corrected chi connectivity index (χ0v) is 8.81. The molecule has 0 radical (unpaired) electrons. The standard InChI is InChI=1S/C11H9BN4/c12-9-5-1-4-8(14-9)10-7-3-2-6-13-11(7)16-15-10/h1-6H,12H2,(H,13,15,16). The third-order valence-corrected chi connectivity index (χ3v) is 2.47. The number of hydrogen-bond acceptors (Lipinski definition) is 3. The van der Waals surface area contributed by atoms with Crippen molar-refractivity contribution < 1.29 is 0 Å². The molecule has 0 saturated heterocycles. The maximum Gasteiger partial charge on any atom is 0.163 e. The Morgan fingerprint density at radius 1 is 1.12 bits per heavy atom. The summed E-state index contributed by atoms with van der Waals surface area (Å²) in [4.78, 5) is 8.66. The lowest BCUT2D eigenvalue weighted by Crippen LogP contribution is -2.07. The van der Waals surface area contributed by atoms with Gasteiger partial charge in [0.1, 0.15) is 5.69 Å². The van der Waals surface area contributed by atoms with E-state index in [0.717, 1.165) is 28.0 Å². The highest BCUT2D eigenvalue weighted by Crippen LogP contribution is 2.21. The summed E-state index contributed by atoms with van der Waals surface area (Å²) in [6.07, 6.45) is 1.74. The smallest absolute Gasteiger partial charge is 0.163 e. The van der Waals surface area contributed by atoms with Gasteiger partial charge in [0.25, 0.3) is 0 Å². The minimum absolute atomic E-state index is 0.792. The third kappa shape index (κ3) is 1.37. The molecule has 0 amide bonds. The molecule has 0 saturated carbocycles. The molecular weight excluding hydrogens is 199 g/mol. The molecule has 3 rings (SSSR count). The topological polar surface area (TPSA) is 54.5 Å². The van der Waals surface area contributed by atoms with Crippen LogP contribution in [0.2, 0.25) is 0 Å². The van der Waals surface area contributed by atoms with Crippen molar-refractivity contribution >= 4 is 24.5 Å². The SMILES string of the molecule is Bc1cccc(-c2n[nH]c3ncccc23)n1. The summed E-state index contributed by atoms with van der Waals surface area (Å²) >= 11 is 0. The van der Waals surface area contributed by atoms with E-state index in [2.05, 4.69) is 20.2 Å². The molecule has 0 unspecified atom stereocenters. The predicted octanol–water partition coefficient (Wildman–Crippen LogP) is 0.278. The van der Waals surface area contributed by atoms with E-state index in [1.807, 2.05) is 38.2 Å². The van der Waals surface area contributed by atoms with Crippen LogP contribution in [0.25, 0.3) is 22.4 Å². The summed E-state index contributed by atoms with van der Waals surface area (Å²) in [5, 5.41) is 8.16. The number of nitrogens with one attached hydrogen (secondary N) is 1. The fraction of sp³-hybridized carbons (Fsp3) is 0. The van der Waals surface area contributed by atoms with Crippen molar-refractivity contribution in [3.8, 4) is 11.4 Å². The maximum absolute atomic E-state index is 4.46. The van der Waals surface area contributed by atoms with Gasteiger partial charge in [-0.3, -0.25) is 10.1 Å². The first-order valence-corrected chi connectivity index (χ1v) is 5.08. The quantitative estimate of drug-likeness (QED) is 0.584. The summed E-state index contributed by atoms with van der Waals surface area (Å²) in [7, 11) is 1.97. The monoisotopic (exact) mass is 208 g/mol. The molecule has 16 heavy (non-hydrogen) atoms. The number of aromatic nitrogens is 4. The maximum atomic E-state index is 4.46. The second kappa shape index (κ2) is 3.45. The van der Waals surface area contributed by atoms with Crippen LogP contribution in [-0.4, -0.2) is 28.0 Å². The molecule has 76 valence electrons. The number of rotatable bonds is 1. The Labute approximate surface area is 93.2 Å². The van der Waals surface area contributed by atoms with Crippen molar-refractivity contribution in [3.05, 3.63) is 36.5 Å². The fourth-order valence-electron chi connectivity index (χ4n) is 1.72. The molecule has 4 nitrogen and oxygen atoms in total. The summed E-state index contributed by atoms with van der Waals surface area (Å²) in [6.45, 7) is 0. The molecule has 3 heterocycles. The first-order valence-electron chi connectivity index (χ1n) is 5.08. The van der Waals surface area contributed by atoms with Crippen molar-refractivity contribution in [1.29, 1.82) is 0 Å². The van der Waals surface area contributed by atoms with Gasteiger partial charge in [-0.1, -0.05) is 12.1 Å². The van der Waals surface area contributed by atoms with Crippen molar-refractivity contribution in [2.75, 3.05) is 0 Å². The van der Waals surface area contributed by atoms with Gasteiger partial charge in [0.05, 0.1) is 5.69 Å². The third-order valence-electron chi connectivity index (χ3n) is 2.47. The Balaban J connectivity index is 2.26. The largest absolute Gasteiger partial charge is 0.262 e. The van der Waals surface area contributed by atoms with Crippen LogP contribution in [0.15, 0.2) is 36.5 Å². The molecule has 0 aliphatic heterocycles. The first-order chi connectivity index (χ1) is 7.84. The molecule has 0 aliphatic rings. The molecule has 1 N–H and O–H groups in total. The molecule has 0 aromatic carbocycles. The molecular formula is C11H9BN4. The number of hydrogen-bond donors (Lipinski definition) is 1. The average molecular weight is 208 g/mol. The summed E-state index contributed by atoms with van der Waals surface area (Å²) in [5.41, 5.74) is 3.50. The lowest BCUT2D eigenvalue weighted by Gasteiger charge is -1.98. The van der Waals surface area contributed by atoms with Gasteiger partial charge in [0.15, 0.2) is 13.5 Å². The highest BCUT2D eigenvalue weighted by molar-refractivity contribution is 6.30. The average Bonchev–Trinajstić information content (AvgIpc) is 2.72. The second-order valence-electron chi connectivity index (χ2n) is 3.64. The molecule has 0 atom stereocenters. The van der Waals surface area contributed by atoms with Crippen LogP contribution < -0.4 is 5.59 Å². The van der Waals surface area contributed by atoms with Gasteiger partial charge >= 0.3 is 0 Å². The number of aromatic amines is 1. The van der Waals surface area contributed by atoms with E-state index < -0.39 is 0 Å². The molecule has 3 aromatic rings. The van der Waals surface area contributed by atoms with E-state index in [9.17, 15) is 0 Å². The van der Waals surface area contributed by atoms with E-state index >= 15 is 0 Å².